The van der Waals surface area contributed by atoms with Gasteiger partial charge in [-0.05, 0) is 32.4 Å². The molecule has 0 atom stereocenters. The SMILES string of the molecule is COc1ccc2c(c1)C(C)(C)C(C)=[N+]2CCCCS(=O)(=O)O. The first kappa shape index (κ1) is 17.0. The number of ether oxygens (including phenoxy) is 1. The Bertz CT molecular complexity index is 705. The van der Waals surface area contributed by atoms with E-state index in [-0.39, 0.29) is 11.2 Å². The van der Waals surface area contributed by atoms with Crippen LogP contribution in [0.5, 0.6) is 5.75 Å². The molecule has 1 aromatic carbocycles. The maximum absolute atomic E-state index is 10.8. The fourth-order valence-corrected chi connectivity index (χ4v) is 3.50. The topological polar surface area (TPSA) is 66.6 Å². The molecule has 0 spiro atoms. The van der Waals surface area contributed by atoms with Crippen molar-refractivity contribution in [3.05, 3.63) is 23.8 Å². The molecule has 1 aromatic rings. The van der Waals surface area contributed by atoms with E-state index in [4.69, 9.17) is 9.29 Å². The van der Waals surface area contributed by atoms with Crippen molar-refractivity contribution >= 4 is 21.5 Å². The van der Waals surface area contributed by atoms with Crippen molar-refractivity contribution in [1.29, 1.82) is 0 Å². The van der Waals surface area contributed by atoms with Gasteiger partial charge in [-0.3, -0.25) is 4.55 Å². The second kappa shape index (κ2) is 6.01. The molecule has 0 saturated heterocycles. The molecule has 1 aliphatic heterocycles. The van der Waals surface area contributed by atoms with Crippen LogP contribution in [0.1, 0.15) is 39.2 Å². The molecule has 1 N–H and O–H groups in total. The highest BCUT2D eigenvalue weighted by Gasteiger charge is 2.42. The number of fused-ring (bicyclic) bond motifs is 1. The van der Waals surface area contributed by atoms with Gasteiger partial charge in [-0.25, -0.2) is 0 Å². The minimum absolute atomic E-state index is 0.0765. The smallest absolute Gasteiger partial charge is 0.264 e. The number of hydrogen-bond donors (Lipinski definition) is 1. The van der Waals surface area contributed by atoms with Gasteiger partial charge in [0.15, 0.2) is 5.71 Å². The lowest BCUT2D eigenvalue weighted by molar-refractivity contribution is -0.439. The fraction of sp³-hybridized carbons (Fsp3) is 0.562. The minimum Gasteiger partial charge on any atom is -0.497 e. The molecule has 5 nitrogen and oxygen atoms in total. The van der Waals surface area contributed by atoms with Gasteiger partial charge >= 0.3 is 0 Å². The fourth-order valence-electron chi connectivity index (χ4n) is 2.93. The number of benzene rings is 1. The van der Waals surface area contributed by atoms with E-state index in [9.17, 15) is 8.42 Å². The van der Waals surface area contributed by atoms with Crippen LogP contribution in [0.2, 0.25) is 0 Å². The lowest BCUT2D eigenvalue weighted by atomic mass is 9.82. The second-order valence-corrected chi connectivity index (χ2v) is 7.81. The second-order valence-electron chi connectivity index (χ2n) is 6.24. The number of methoxy groups -OCH3 is 1. The van der Waals surface area contributed by atoms with Gasteiger partial charge in [0.05, 0.1) is 18.3 Å². The molecular weight excluding hydrogens is 302 g/mol. The van der Waals surface area contributed by atoms with Crippen LogP contribution in [0.15, 0.2) is 18.2 Å². The zero-order chi connectivity index (χ0) is 16.5. The van der Waals surface area contributed by atoms with Crippen molar-refractivity contribution < 1.29 is 22.3 Å². The maximum atomic E-state index is 10.8. The zero-order valence-corrected chi connectivity index (χ0v) is 14.4. The number of unbranched alkanes of at least 4 members (excludes halogenated alkanes) is 1. The van der Waals surface area contributed by atoms with E-state index in [2.05, 4.69) is 37.5 Å². The standard InChI is InChI=1S/C16H23NO4S/c1-12-16(2,3)14-11-13(21-4)7-8-15(14)17(12)9-5-6-10-22(18,19)20/h7-8,11H,5-6,9-10H2,1-4H3/p+1. The summed E-state index contributed by atoms with van der Waals surface area (Å²) in [5, 5.41) is 0. The van der Waals surface area contributed by atoms with Crippen molar-refractivity contribution in [3.63, 3.8) is 0 Å². The van der Waals surface area contributed by atoms with Gasteiger partial charge in [-0.1, -0.05) is 0 Å². The molecular formula is C16H24NO4S+. The predicted molar refractivity (Wildman–Crippen MR) is 87.1 cm³/mol. The third kappa shape index (κ3) is 3.33. The summed E-state index contributed by atoms with van der Waals surface area (Å²) in [6.45, 7) is 7.21. The van der Waals surface area contributed by atoms with Crippen LogP contribution in [0, 0.1) is 0 Å². The summed E-state index contributed by atoms with van der Waals surface area (Å²) in [4.78, 5) is 0. The monoisotopic (exact) mass is 326 g/mol. The van der Waals surface area contributed by atoms with Crippen LogP contribution >= 0.6 is 0 Å². The average molecular weight is 326 g/mol. The Hall–Kier alpha value is -1.40. The lowest BCUT2D eigenvalue weighted by Crippen LogP contribution is -2.26. The molecule has 0 fully saturated rings. The molecule has 1 heterocycles. The minimum atomic E-state index is -3.87. The first-order valence-electron chi connectivity index (χ1n) is 7.42. The average Bonchev–Trinajstić information content (AvgIpc) is 2.62. The Labute approximate surface area is 132 Å². The van der Waals surface area contributed by atoms with Crippen molar-refractivity contribution in [2.75, 3.05) is 19.4 Å². The quantitative estimate of drug-likeness (QED) is 0.496. The molecule has 122 valence electrons. The van der Waals surface area contributed by atoms with Gasteiger partial charge in [0.1, 0.15) is 12.3 Å². The van der Waals surface area contributed by atoms with Crippen molar-refractivity contribution in [2.24, 2.45) is 0 Å². The first-order chi connectivity index (χ1) is 10.2. The van der Waals surface area contributed by atoms with Gasteiger partial charge in [0, 0.05) is 25.0 Å². The van der Waals surface area contributed by atoms with Crippen LogP contribution in [-0.2, 0) is 15.5 Å². The normalized spacial score (nSPS) is 16.8. The summed E-state index contributed by atoms with van der Waals surface area (Å²) < 4.78 is 37.9. The van der Waals surface area contributed by atoms with Crippen LogP contribution < -0.4 is 4.74 Å². The highest BCUT2D eigenvalue weighted by atomic mass is 32.2. The van der Waals surface area contributed by atoms with Gasteiger partial charge < -0.3 is 4.74 Å². The zero-order valence-electron chi connectivity index (χ0n) is 13.6. The van der Waals surface area contributed by atoms with E-state index >= 15 is 0 Å². The predicted octanol–water partition coefficient (Wildman–Crippen LogP) is 2.76. The molecule has 0 amide bonds. The summed E-state index contributed by atoms with van der Waals surface area (Å²) in [7, 11) is -2.21. The molecule has 1 aliphatic rings. The highest BCUT2D eigenvalue weighted by Crippen LogP contribution is 2.41. The molecule has 0 unspecified atom stereocenters. The van der Waals surface area contributed by atoms with Crippen molar-refractivity contribution in [3.8, 4) is 5.75 Å². The molecule has 0 saturated carbocycles. The Morgan fingerprint density at radius 1 is 1.27 bits per heavy atom. The van der Waals surface area contributed by atoms with Crippen molar-refractivity contribution in [1.82, 2.24) is 0 Å². The third-order valence-electron chi connectivity index (χ3n) is 4.51. The van der Waals surface area contributed by atoms with Crippen LogP contribution in [0.3, 0.4) is 0 Å². The van der Waals surface area contributed by atoms with E-state index < -0.39 is 10.1 Å². The summed E-state index contributed by atoms with van der Waals surface area (Å²) >= 11 is 0. The Kier molecular flexibility index (Phi) is 4.63. The van der Waals surface area contributed by atoms with E-state index in [1.165, 1.54) is 11.3 Å². The Balaban J connectivity index is 2.20. The largest absolute Gasteiger partial charge is 0.497 e. The highest BCUT2D eigenvalue weighted by molar-refractivity contribution is 7.85. The van der Waals surface area contributed by atoms with Crippen LogP contribution in [0.4, 0.5) is 5.69 Å². The number of hydrogen-bond acceptors (Lipinski definition) is 3. The van der Waals surface area contributed by atoms with E-state index in [0.29, 0.717) is 12.8 Å². The van der Waals surface area contributed by atoms with Gasteiger partial charge in [0.25, 0.3) is 10.1 Å². The molecule has 2 rings (SSSR count). The van der Waals surface area contributed by atoms with E-state index in [1.54, 1.807) is 7.11 Å². The van der Waals surface area contributed by atoms with Crippen LogP contribution in [-0.4, -0.2) is 42.7 Å². The molecule has 0 bridgehead atoms. The number of rotatable bonds is 6. The van der Waals surface area contributed by atoms with Crippen LogP contribution in [0.25, 0.3) is 0 Å². The summed E-state index contributed by atoms with van der Waals surface area (Å²) in [6.07, 6.45) is 1.16. The molecule has 0 radical (unpaired) electrons. The Morgan fingerprint density at radius 2 is 1.95 bits per heavy atom. The third-order valence-corrected chi connectivity index (χ3v) is 5.32. The molecule has 0 aliphatic carbocycles. The maximum Gasteiger partial charge on any atom is 0.264 e. The summed E-state index contributed by atoms with van der Waals surface area (Å²) in [5.74, 6) is 0.659. The van der Waals surface area contributed by atoms with Crippen molar-refractivity contribution in [2.45, 2.75) is 39.0 Å². The molecule has 22 heavy (non-hydrogen) atoms. The first-order valence-corrected chi connectivity index (χ1v) is 9.03. The summed E-state index contributed by atoms with van der Waals surface area (Å²) in [5.41, 5.74) is 3.53. The van der Waals surface area contributed by atoms with E-state index in [1.807, 2.05) is 6.07 Å². The van der Waals surface area contributed by atoms with E-state index in [0.717, 1.165) is 18.0 Å². The Morgan fingerprint density at radius 3 is 2.55 bits per heavy atom. The summed E-state index contributed by atoms with van der Waals surface area (Å²) in [6, 6.07) is 6.06. The van der Waals surface area contributed by atoms with Gasteiger partial charge in [0.2, 0.25) is 5.69 Å². The number of nitrogens with zero attached hydrogens (tertiary/aromatic N) is 1. The molecule has 0 aromatic heterocycles. The lowest BCUT2D eigenvalue weighted by Gasteiger charge is -2.15. The van der Waals surface area contributed by atoms with Gasteiger partial charge in [-0.15, -0.1) is 0 Å². The van der Waals surface area contributed by atoms with Gasteiger partial charge in [-0.2, -0.15) is 13.0 Å². The molecule has 6 heteroatoms.